The lowest BCUT2D eigenvalue weighted by Gasteiger charge is -2.14. The molecule has 1 unspecified atom stereocenters. The Morgan fingerprint density at radius 1 is 1.10 bits per heavy atom. The van der Waals surface area contributed by atoms with Gasteiger partial charge in [0.25, 0.3) is 0 Å². The van der Waals surface area contributed by atoms with Gasteiger partial charge in [-0.25, -0.2) is 0 Å². The normalized spacial score (nSPS) is 22.4. The number of phenols is 1. The maximum atomic E-state index is 9.28. The highest BCUT2D eigenvalue weighted by Crippen LogP contribution is 2.37. The Morgan fingerprint density at radius 2 is 1.80 bits per heavy atom. The number of hydrogen-bond donors (Lipinski definition) is 1. The topological polar surface area (TPSA) is 23.2 Å². The van der Waals surface area contributed by atoms with Crippen molar-refractivity contribution in [3.63, 3.8) is 0 Å². The predicted octanol–water partition coefficient (Wildman–Crippen LogP) is 3.77. The summed E-state index contributed by atoms with van der Waals surface area (Å²) in [6.45, 7) is 3.49. The number of aromatic hydroxyl groups is 1. The Balaban J connectivity index is 1.51. The molecule has 3 atom stereocenters. The Bertz CT molecular complexity index is 549. The maximum absolute atomic E-state index is 9.28. The largest absolute Gasteiger partial charge is 0.508 e. The molecule has 2 nitrogen and oxygen atoms in total. The van der Waals surface area contributed by atoms with E-state index in [1.807, 2.05) is 12.1 Å². The van der Waals surface area contributed by atoms with E-state index < -0.39 is 0 Å². The van der Waals surface area contributed by atoms with Crippen molar-refractivity contribution in [2.75, 3.05) is 6.54 Å². The number of hydrogen-bond acceptors (Lipinski definition) is 2. The van der Waals surface area contributed by atoms with Gasteiger partial charge in [-0.3, -0.25) is 4.90 Å². The first-order valence-electron chi connectivity index (χ1n) is 7.32. The fourth-order valence-corrected chi connectivity index (χ4v) is 2.82. The van der Waals surface area contributed by atoms with E-state index >= 15 is 0 Å². The van der Waals surface area contributed by atoms with E-state index in [1.165, 1.54) is 17.7 Å². The van der Waals surface area contributed by atoms with Gasteiger partial charge in [-0.05, 0) is 43.0 Å². The summed E-state index contributed by atoms with van der Waals surface area (Å²) >= 11 is 0. The second kappa shape index (κ2) is 5.68. The van der Waals surface area contributed by atoms with Crippen LogP contribution in [0.4, 0.5) is 0 Å². The van der Waals surface area contributed by atoms with Gasteiger partial charge in [0, 0.05) is 18.6 Å². The molecule has 0 bridgehead atoms. The van der Waals surface area contributed by atoms with Crippen LogP contribution in [0.2, 0.25) is 0 Å². The van der Waals surface area contributed by atoms with Crippen LogP contribution in [-0.2, 0) is 6.42 Å². The molecule has 1 heterocycles. The third-order valence-corrected chi connectivity index (χ3v) is 4.19. The molecule has 0 amide bonds. The summed E-state index contributed by atoms with van der Waals surface area (Å²) in [7, 11) is 0. The molecule has 0 aromatic heterocycles. The molecule has 20 heavy (non-hydrogen) atoms. The Kier molecular flexibility index (Phi) is 3.75. The van der Waals surface area contributed by atoms with Crippen molar-refractivity contribution in [2.24, 2.45) is 0 Å². The molecule has 0 saturated carbocycles. The van der Waals surface area contributed by atoms with Crippen LogP contribution in [-0.4, -0.2) is 22.6 Å². The molecule has 2 aromatic carbocycles. The molecule has 0 spiro atoms. The zero-order chi connectivity index (χ0) is 13.9. The lowest BCUT2D eigenvalue weighted by Crippen LogP contribution is -2.15. The second-order valence-electron chi connectivity index (χ2n) is 5.68. The number of nitrogens with zero attached hydrogens (tertiary/aromatic N) is 1. The van der Waals surface area contributed by atoms with Gasteiger partial charge in [-0.15, -0.1) is 0 Å². The monoisotopic (exact) mass is 267 g/mol. The van der Waals surface area contributed by atoms with E-state index in [4.69, 9.17) is 0 Å². The Morgan fingerprint density at radius 3 is 2.50 bits per heavy atom. The van der Waals surface area contributed by atoms with Gasteiger partial charge in [0.05, 0.1) is 0 Å². The summed E-state index contributed by atoms with van der Waals surface area (Å²) in [5.41, 5.74) is 2.73. The third kappa shape index (κ3) is 3.02. The van der Waals surface area contributed by atoms with Crippen LogP contribution >= 0.6 is 0 Å². The van der Waals surface area contributed by atoms with Crippen molar-refractivity contribution in [2.45, 2.75) is 31.8 Å². The van der Waals surface area contributed by atoms with Crippen molar-refractivity contribution in [1.29, 1.82) is 0 Å². The van der Waals surface area contributed by atoms with Crippen LogP contribution in [0.15, 0.2) is 54.6 Å². The number of rotatable bonds is 5. The molecule has 2 heteroatoms. The van der Waals surface area contributed by atoms with E-state index in [0.717, 1.165) is 12.8 Å². The van der Waals surface area contributed by atoms with E-state index in [0.29, 0.717) is 17.8 Å². The summed E-state index contributed by atoms with van der Waals surface area (Å²) in [6, 6.07) is 19.5. The van der Waals surface area contributed by atoms with Crippen molar-refractivity contribution >= 4 is 0 Å². The Labute approximate surface area is 120 Å². The van der Waals surface area contributed by atoms with Crippen LogP contribution in [0, 0.1) is 0 Å². The van der Waals surface area contributed by atoms with Crippen molar-refractivity contribution < 1.29 is 5.11 Å². The van der Waals surface area contributed by atoms with Gasteiger partial charge in [0.1, 0.15) is 5.75 Å². The van der Waals surface area contributed by atoms with Crippen LogP contribution in [0.5, 0.6) is 5.75 Å². The van der Waals surface area contributed by atoms with Crippen LogP contribution < -0.4 is 0 Å². The third-order valence-electron chi connectivity index (χ3n) is 4.19. The average Bonchev–Trinajstić information content (AvgIpc) is 3.28. The van der Waals surface area contributed by atoms with Gasteiger partial charge in [0.2, 0.25) is 0 Å². The molecule has 1 N–H and O–H groups in total. The minimum absolute atomic E-state index is 0.344. The average molecular weight is 267 g/mol. The van der Waals surface area contributed by atoms with Crippen LogP contribution in [0.25, 0.3) is 0 Å². The van der Waals surface area contributed by atoms with Gasteiger partial charge >= 0.3 is 0 Å². The fraction of sp³-hybridized carbons (Fsp3) is 0.333. The highest BCUT2D eigenvalue weighted by Gasteiger charge is 2.38. The van der Waals surface area contributed by atoms with Gasteiger partial charge in [0.15, 0.2) is 0 Å². The number of aryl methyl sites for hydroxylation is 1. The molecule has 1 saturated heterocycles. The molecule has 1 aliphatic rings. The minimum Gasteiger partial charge on any atom is -0.508 e. The second-order valence-corrected chi connectivity index (χ2v) is 5.68. The smallest absolute Gasteiger partial charge is 0.115 e. The summed E-state index contributed by atoms with van der Waals surface area (Å²) in [6.07, 6.45) is 2.23. The molecule has 3 rings (SSSR count). The van der Waals surface area contributed by atoms with Gasteiger partial charge in [-0.2, -0.15) is 0 Å². The zero-order valence-electron chi connectivity index (χ0n) is 11.9. The summed E-state index contributed by atoms with van der Waals surface area (Å²) in [5.74, 6) is 0.344. The molecule has 1 aliphatic heterocycles. The Hall–Kier alpha value is -1.80. The summed E-state index contributed by atoms with van der Waals surface area (Å²) < 4.78 is 0. The van der Waals surface area contributed by atoms with E-state index in [9.17, 15) is 5.11 Å². The SMILES string of the molecule is C[C@@H](CCc1ccc(O)cc1)[N@]1CC1c1ccccc1. The molecule has 0 radical (unpaired) electrons. The minimum atomic E-state index is 0.344. The van der Waals surface area contributed by atoms with Crippen molar-refractivity contribution in [1.82, 2.24) is 4.90 Å². The summed E-state index contributed by atoms with van der Waals surface area (Å²) in [4.78, 5) is 2.55. The lowest BCUT2D eigenvalue weighted by molar-refractivity contribution is 0.376. The standard InChI is InChI=1S/C18H21NO/c1-14(7-8-15-9-11-17(20)12-10-15)19-13-18(19)16-5-3-2-4-6-16/h2-6,9-12,14,18,20H,7-8,13H2,1H3/t14-,18?,19-/m0/s1. The predicted molar refractivity (Wildman–Crippen MR) is 81.8 cm³/mol. The quantitative estimate of drug-likeness (QED) is 0.833. The fourth-order valence-electron chi connectivity index (χ4n) is 2.82. The molecule has 2 aromatic rings. The number of phenolic OH excluding ortho intramolecular Hbond substituents is 1. The van der Waals surface area contributed by atoms with E-state index in [-0.39, 0.29) is 0 Å². The van der Waals surface area contributed by atoms with Gasteiger partial charge in [-0.1, -0.05) is 42.5 Å². The maximum Gasteiger partial charge on any atom is 0.115 e. The van der Waals surface area contributed by atoms with E-state index in [1.54, 1.807) is 12.1 Å². The summed E-state index contributed by atoms with van der Waals surface area (Å²) in [5, 5.41) is 9.28. The number of benzene rings is 2. The van der Waals surface area contributed by atoms with Crippen LogP contribution in [0.3, 0.4) is 0 Å². The molecule has 104 valence electrons. The first-order chi connectivity index (χ1) is 9.74. The highest BCUT2D eigenvalue weighted by molar-refractivity contribution is 5.26. The highest BCUT2D eigenvalue weighted by atomic mass is 16.3. The van der Waals surface area contributed by atoms with Crippen molar-refractivity contribution in [3.8, 4) is 5.75 Å². The molecule has 1 fully saturated rings. The molecule has 0 aliphatic carbocycles. The zero-order valence-corrected chi connectivity index (χ0v) is 11.9. The van der Waals surface area contributed by atoms with Crippen LogP contribution in [0.1, 0.15) is 30.5 Å². The van der Waals surface area contributed by atoms with Gasteiger partial charge < -0.3 is 5.11 Å². The lowest BCUT2D eigenvalue weighted by atomic mass is 10.1. The van der Waals surface area contributed by atoms with Crippen molar-refractivity contribution in [3.05, 3.63) is 65.7 Å². The first kappa shape index (κ1) is 13.2. The molecular formula is C18H21NO. The van der Waals surface area contributed by atoms with E-state index in [2.05, 4.69) is 42.2 Å². The molecular weight excluding hydrogens is 246 g/mol. The first-order valence-corrected chi connectivity index (χ1v) is 7.32.